The van der Waals surface area contributed by atoms with Crippen LogP contribution in [0.15, 0.2) is 36.4 Å². The molecule has 1 unspecified atom stereocenters. The number of ketones is 1. The van der Waals surface area contributed by atoms with Crippen molar-refractivity contribution in [1.82, 2.24) is 10.2 Å². The number of halogens is 1. The first-order valence-corrected chi connectivity index (χ1v) is 13.5. The van der Waals surface area contributed by atoms with E-state index in [-0.39, 0.29) is 28.7 Å². The van der Waals surface area contributed by atoms with Crippen molar-refractivity contribution in [1.29, 1.82) is 0 Å². The molecule has 1 aliphatic rings. The number of unbranched alkanes of at least 4 members (excludes halogenated alkanes) is 1. The molecule has 1 aliphatic carbocycles. The topological polar surface area (TPSA) is 105 Å². The molecule has 2 amide bonds. The normalized spacial score (nSPS) is 14.3. The van der Waals surface area contributed by atoms with Crippen LogP contribution in [0.4, 0.5) is 4.79 Å². The van der Waals surface area contributed by atoms with Crippen molar-refractivity contribution < 1.29 is 29.0 Å². The van der Waals surface area contributed by atoms with E-state index in [0.717, 1.165) is 12.8 Å². The van der Waals surface area contributed by atoms with Gasteiger partial charge in [0, 0.05) is 12.1 Å². The Morgan fingerprint density at radius 2 is 1.76 bits per heavy atom. The van der Waals surface area contributed by atoms with Gasteiger partial charge in [0.1, 0.15) is 16.9 Å². The highest BCUT2D eigenvalue weighted by molar-refractivity contribution is 6.33. The van der Waals surface area contributed by atoms with Crippen LogP contribution in [0.25, 0.3) is 0 Å². The minimum absolute atomic E-state index is 0.225. The third-order valence-electron chi connectivity index (χ3n) is 6.79. The van der Waals surface area contributed by atoms with Crippen LogP contribution in [0.5, 0.6) is 11.5 Å². The summed E-state index contributed by atoms with van der Waals surface area (Å²) in [7, 11) is 0. The van der Waals surface area contributed by atoms with Crippen LogP contribution in [-0.4, -0.2) is 53.1 Å². The summed E-state index contributed by atoms with van der Waals surface area (Å²) in [4.78, 5) is 39.3. The first-order chi connectivity index (χ1) is 18.1. The molecule has 2 N–H and O–H groups in total. The Morgan fingerprint density at radius 1 is 1.11 bits per heavy atom. The van der Waals surface area contributed by atoms with Crippen molar-refractivity contribution in [3.8, 4) is 11.5 Å². The average Bonchev–Trinajstić information content (AvgIpc) is 3.67. The standard InChI is InChI=1S/C29H37ClN2O6/c1-5-37-23-18-22(25(30)26(38-6-2)24(23)20(4)33)19(3)32(28(36)31-29(15-16-29)27(34)35)17-11-10-14-21-12-8-7-9-13-21/h7-9,12-13,18-19H,5-6,10-11,14-17H2,1-4H3,(H,31,36)(H,34,35). The van der Waals surface area contributed by atoms with E-state index >= 15 is 0 Å². The maximum atomic E-state index is 13.5. The van der Waals surface area contributed by atoms with Crippen LogP contribution < -0.4 is 14.8 Å². The van der Waals surface area contributed by atoms with Crippen LogP contribution in [0.3, 0.4) is 0 Å². The minimum atomic E-state index is -1.23. The van der Waals surface area contributed by atoms with Gasteiger partial charge in [-0.2, -0.15) is 0 Å². The van der Waals surface area contributed by atoms with E-state index in [2.05, 4.69) is 17.4 Å². The van der Waals surface area contributed by atoms with Crippen LogP contribution in [0.2, 0.25) is 5.02 Å². The Labute approximate surface area is 229 Å². The summed E-state index contributed by atoms with van der Waals surface area (Å²) in [5.74, 6) is -0.722. The summed E-state index contributed by atoms with van der Waals surface area (Å²) in [6.07, 6.45) is 3.19. The second-order valence-electron chi connectivity index (χ2n) is 9.53. The molecule has 0 aromatic heterocycles. The lowest BCUT2D eigenvalue weighted by Crippen LogP contribution is -2.50. The number of urea groups is 1. The molecule has 3 rings (SSSR count). The Morgan fingerprint density at radius 3 is 2.32 bits per heavy atom. The highest BCUT2D eigenvalue weighted by Gasteiger charge is 2.52. The molecule has 0 heterocycles. The number of carbonyl (C=O) groups is 3. The van der Waals surface area contributed by atoms with E-state index in [9.17, 15) is 19.5 Å². The number of aliphatic carboxylic acids is 1. The zero-order valence-corrected chi connectivity index (χ0v) is 23.3. The second kappa shape index (κ2) is 13.0. The number of Topliss-reactive ketones (excluding diaryl/α,β-unsaturated/α-hetero) is 1. The monoisotopic (exact) mass is 544 g/mol. The summed E-state index contributed by atoms with van der Waals surface area (Å²) in [6.45, 7) is 7.86. The molecule has 2 aromatic rings. The molecule has 1 saturated carbocycles. The highest BCUT2D eigenvalue weighted by Crippen LogP contribution is 2.43. The maximum Gasteiger partial charge on any atom is 0.329 e. The molecule has 8 nitrogen and oxygen atoms in total. The van der Waals surface area contributed by atoms with Crippen molar-refractivity contribution >= 4 is 29.4 Å². The molecule has 0 bridgehead atoms. The van der Waals surface area contributed by atoms with Crippen molar-refractivity contribution in [2.75, 3.05) is 19.8 Å². The van der Waals surface area contributed by atoms with E-state index in [4.69, 9.17) is 21.1 Å². The molecule has 206 valence electrons. The van der Waals surface area contributed by atoms with Crippen molar-refractivity contribution in [2.45, 2.75) is 71.4 Å². The number of amides is 2. The fraction of sp³-hybridized carbons (Fsp3) is 0.483. The third-order valence-corrected chi connectivity index (χ3v) is 7.18. The van der Waals surface area contributed by atoms with E-state index in [1.165, 1.54) is 12.5 Å². The second-order valence-corrected chi connectivity index (χ2v) is 9.91. The fourth-order valence-electron chi connectivity index (χ4n) is 4.50. The number of nitrogens with zero attached hydrogens (tertiary/aromatic N) is 1. The van der Waals surface area contributed by atoms with Gasteiger partial charge in [0.2, 0.25) is 0 Å². The van der Waals surface area contributed by atoms with Crippen LogP contribution in [-0.2, 0) is 11.2 Å². The lowest BCUT2D eigenvalue weighted by Gasteiger charge is -2.32. The van der Waals surface area contributed by atoms with Gasteiger partial charge >= 0.3 is 12.0 Å². The molecular weight excluding hydrogens is 508 g/mol. The van der Waals surface area contributed by atoms with Crippen LogP contribution >= 0.6 is 11.6 Å². The predicted molar refractivity (Wildman–Crippen MR) is 146 cm³/mol. The Balaban J connectivity index is 1.93. The largest absolute Gasteiger partial charge is 0.493 e. The molecule has 2 aromatic carbocycles. The maximum absolute atomic E-state index is 13.5. The molecule has 0 saturated heterocycles. The van der Waals surface area contributed by atoms with Gasteiger partial charge in [0.15, 0.2) is 11.5 Å². The summed E-state index contributed by atoms with van der Waals surface area (Å²) < 4.78 is 11.6. The van der Waals surface area contributed by atoms with Gasteiger partial charge in [0.25, 0.3) is 0 Å². The summed E-state index contributed by atoms with van der Waals surface area (Å²) in [5.41, 5.74) is 0.803. The van der Waals surface area contributed by atoms with Crippen molar-refractivity contribution in [3.05, 3.63) is 58.1 Å². The van der Waals surface area contributed by atoms with Crippen molar-refractivity contribution in [3.63, 3.8) is 0 Å². The van der Waals surface area contributed by atoms with Gasteiger partial charge in [-0.1, -0.05) is 41.9 Å². The number of hydrogen-bond acceptors (Lipinski definition) is 5. The van der Waals surface area contributed by atoms with E-state index in [0.29, 0.717) is 43.7 Å². The van der Waals surface area contributed by atoms with E-state index in [1.54, 1.807) is 17.9 Å². The lowest BCUT2D eigenvalue weighted by atomic mass is 10.00. The smallest absolute Gasteiger partial charge is 0.329 e. The minimum Gasteiger partial charge on any atom is -0.493 e. The average molecular weight is 545 g/mol. The third kappa shape index (κ3) is 6.78. The van der Waals surface area contributed by atoms with Crippen LogP contribution in [0.1, 0.15) is 80.9 Å². The number of rotatable bonds is 14. The molecule has 1 atom stereocenters. The van der Waals surface area contributed by atoms with Gasteiger partial charge in [-0.15, -0.1) is 0 Å². The number of aryl methyl sites for hydroxylation is 1. The van der Waals surface area contributed by atoms with E-state index < -0.39 is 23.6 Å². The van der Waals surface area contributed by atoms with Crippen molar-refractivity contribution in [2.24, 2.45) is 0 Å². The van der Waals surface area contributed by atoms with Gasteiger partial charge < -0.3 is 24.8 Å². The Hall–Kier alpha value is -3.26. The van der Waals surface area contributed by atoms with E-state index in [1.807, 2.05) is 32.0 Å². The Kier molecular flexibility index (Phi) is 10.0. The SMILES string of the molecule is CCOc1cc(C(C)N(CCCCc2ccccc2)C(=O)NC2(C(=O)O)CC2)c(Cl)c(OCC)c1C(C)=O. The van der Waals surface area contributed by atoms with Crippen LogP contribution in [0, 0.1) is 0 Å². The number of hydrogen-bond donors (Lipinski definition) is 2. The lowest BCUT2D eigenvalue weighted by molar-refractivity contribution is -0.140. The molecule has 38 heavy (non-hydrogen) atoms. The number of benzene rings is 2. The quantitative estimate of drug-likeness (QED) is 0.221. The molecule has 9 heteroatoms. The summed E-state index contributed by atoms with van der Waals surface area (Å²) in [5, 5.41) is 12.6. The molecular formula is C29H37ClN2O6. The number of carboxylic acids is 1. The first kappa shape index (κ1) is 29.3. The number of ether oxygens (including phenoxy) is 2. The van der Waals surface area contributed by atoms with Gasteiger partial charge in [-0.05, 0) is 71.4 Å². The fourth-order valence-corrected chi connectivity index (χ4v) is 4.87. The molecule has 0 spiro atoms. The van der Waals surface area contributed by atoms with Gasteiger partial charge in [-0.25, -0.2) is 9.59 Å². The zero-order valence-electron chi connectivity index (χ0n) is 22.5. The molecule has 1 fully saturated rings. The predicted octanol–water partition coefficient (Wildman–Crippen LogP) is 6.05. The highest BCUT2D eigenvalue weighted by atomic mass is 35.5. The van der Waals surface area contributed by atoms with Gasteiger partial charge in [-0.3, -0.25) is 4.79 Å². The number of carbonyl (C=O) groups excluding carboxylic acids is 2. The molecule has 0 aliphatic heterocycles. The zero-order chi connectivity index (χ0) is 27.9. The summed E-state index contributed by atoms with van der Waals surface area (Å²) >= 11 is 6.80. The first-order valence-electron chi connectivity index (χ1n) is 13.1. The number of carboxylic acid groups (broad SMARTS) is 1. The van der Waals surface area contributed by atoms with Gasteiger partial charge in [0.05, 0.1) is 24.3 Å². The number of nitrogens with one attached hydrogen (secondary N) is 1. The molecule has 0 radical (unpaired) electrons. The Bertz CT molecular complexity index is 1150. The summed E-state index contributed by atoms with van der Waals surface area (Å²) in [6, 6.07) is 10.8.